The molecule has 0 atom stereocenters. The summed E-state index contributed by atoms with van der Waals surface area (Å²) in [6, 6.07) is 24.9. The average Bonchev–Trinajstić information content (AvgIpc) is 3.23. The number of nitrogens with zero attached hydrogens (tertiary/aromatic N) is 1. The van der Waals surface area contributed by atoms with E-state index in [1.807, 2.05) is 84.2 Å². The maximum absolute atomic E-state index is 12.6. The minimum Gasteiger partial charge on any atom is -0.326 e. The van der Waals surface area contributed by atoms with Crippen molar-refractivity contribution in [3.63, 3.8) is 0 Å². The molecule has 0 saturated heterocycles. The first-order valence-corrected chi connectivity index (χ1v) is 10.3. The number of carbonyl (C=O) groups is 2. The number of hydrogen-bond donors (Lipinski definition) is 2. The van der Waals surface area contributed by atoms with E-state index in [2.05, 4.69) is 15.6 Å². The minimum atomic E-state index is -0.198. The molecule has 0 bridgehead atoms. The number of rotatable bonds is 5. The molecule has 0 fully saturated rings. The molecular weight excluding hydrogens is 394 g/mol. The predicted molar refractivity (Wildman–Crippen MR) is 122 cm³/mol. The number of nitrogens with one attached hydrogen (secondary N) is 2. The summed E-state index contributed by atoms with van der Waals surface area (Å²) in [7, 11) is 0. The van der Waals surface area contributed by atoms with Crippen molar-refractivity contribution in [3.05, 3.63) is 89.8 Å². The number of benzene rings is 3. The highest BCUT2D eigenvalue weighted by atomic mass is 32.1. The summed E-state index contributed by atoms with van der Waals surface area (Å²) in [6.45, 7) is 1.47. The summed E-state index contributed by atoms with van der Waals surface area (Å²) < 4.78 is 0. The first-order valence-electron chi connectivity index (χ1n) is 9.39. The lowest BCUT2D eigenvalue weighted by atomic mass is 10.0. The van der Waals surface area contributed by atoms with Crippen LogP contribution in [0.15, 0.2) is 84.2 Å². The molecule has 0 unspecified atom stereocenters. The van der Waals surface area contributed by atoms with Crippen LogP contribution in [0.25, 0.3) is 22.4 Å². The van der Waals surface area contributed by atoms with Crippen LogP contribution in [0.2, 0.25) is 0 Å². The molecule has 4 rings (SSSR count). The van der Waals surface area contributed by atoms with E-state index in [1.165, 1.54) is 18.3 Å². The SMILES string of the molecule is CC(=O)Nc1ccc(-c2csc(NC(=O)c3ccc(-c4ccccc4)cc3)n2)cc1. The van der Waals surface area contributed by atoms with E-state index in [-0.39, 0.29) is 11.8 Å². The third-order valence-corrected chi connectivity index (χ3v) is 5.24. The number of amides is 2. The van der Waals surface area contributed by atoms with Gasteiger partial charge in [0.05, 0.1) is 5.69 Å². The van der Waals surface area contributed by atoms with Crippen molar-refractivity contribution >= 4 is 34.0 Å². The molecule has 2 amide bonds. The van der Waals surface area contributed by atoms with Gasteiger partial charge in [-0.05, 0) is 35.4 Å². The lowest BCUT2D eigenvalue weighted by Gasteiger charge is -2.05. The number of carbonyl (C=O) groups excluding carboxylic acids is 2. The zero-order chi connectivity index (χ0) is 20.9. The third kappa shape index (κ3) is 4.61. The Morgan fingerprint density at radius 1 is 0.767 bits per heavy atom. The molecule has 0 spiro atoms. The Balaban J connectivity index is 1.43. The minimum absolute atomic E-state index is 0.113. The molecule has 1 aromatic heterocycles. The van der Waals surface area contributed by atoms with Crippen molar-refractivity contribution in [1.29, 1.82) is 0 Å². The van der Waals surface area contributed by atoms with Crippen molar-refractivity contribution in [2.75, 3.05) is 10.6 Å². The van der Waals surface area contributed by atoms with E-state index in [0.717, 1.165) is 28.1 Å². The molecule has 4 aromatic rings. The smallest absolute Gasteiger partial charge is 0.257 e. The number of aromatic nitrogens is 1. The quantitative estimate of drug-likeness (QED) is 0.442. The van der Waals surface area contributed by atoms with Gasteiger partial charge in [-0.25, -0.2) is 4.98 Å². The summed E-state index contributed by atoms with van der Waals surface area (Å²) in [5.41, 5.74) is 5.15. The van der Waals surface area contributed by atoms with Crippen molar-refractivity contribution in [3.8, 4) is 22.4 Å². The molecule has 30 heavy (non-hydrogen) atoms. The first kappa shape index (κ1) is 19.5. The normalized spacial score (nSPS) is 10.4. The van der Waals surface area contributed by atoms with Gasteiger partial charge in [-0.1, -0.05) is 54.6 Å². The maximum atomic E-state index is 12.6. The fraction of sp³-hybridized carbons (Fsp3) is 0.0417. The molecule has 0 radical (unpaired) electrons. The monoisotopic (exact) mass is 413 g/mol. The van der Waals surface area contributed by atoms with Gasteiger partial charge in [0.2, 0.25) is 5.91 Å². The van der Waals surface area contributed by atoms with Crippen LogP contribution in [0.5, 0.6) is 0 Å². The van der Waals surface area contributed by atoms with Crippen molar-refractivity contribution in [1.82, 2.24) is 4.98 Å². The summed E-state index contributed by atoms with van der Waals surface area (Å²) in [4.78, 5) is 28.2. The van der Waals surface area contributed by atoms with Crippen LogP contribution in [0.1, 0.15) is 17.3 Å². The molecule has 2 N–H and O–H groups in total. The number of hydrogen-bond acceptors (Lipinski definition) is 4. The second-order valence-corrected chi connectivity index (χ2v) is 7.55. The van der Waals surface area contributed by atoms with E-state index >= 15 is 0 Å². The number of anilines is 2. The van der Waals surface area contributed by atoms with Crippen LogP contribution in [-0.2, 0) is 4.79 Å². The Hall–Kier alpha value is -3.77. The van der Waals surface area contributed by atoms with Crippen LogP contribution in [0, 0.1) is 0 Å². The molecule has 1 heterocycles. The van der Waals surface area contributed by atoms with E-state index in [9.17, 15) is 9.59 Å². The van der Waals surface area contributed by atoms with Crippen molar-refractivity contribution in [2.24, 2.45) is 0 Å². The molecular formula is C24H19N3O2S. The highest BCUT2D eigenvalue weighted by Crippen LogP contribution is 2.26. The van der Waals surface area contributed by atoms with Gasteiger partial charge in [0, 0.05) is 29.1 Å². The fourth-order valence-corrected chi connectivity index (χ4v) is 3.72. The Morgan fingerprint density at radius 3 is 2.07 bits per heavy atom. The molecule has 6 heteroatoms. The van der Waals surface area contributed by atoms with Crippen LogP contribution in [-0.4, -0.2) is 16.8 Å². The van der Waals surface area contributed by atoms with Crippen molar-refractivity contribution < 1.29 is 9.59 Å². The van der Waals surface area contributed by atoms with Gasteiger partial charge in [0.15, 0.2) is 5.13 Å². The van der Waals surface area contributed by atoms with Gasteiger partial charge in [-0.2, -0.15) is 0 Å². The highest BCUT2D eigenvalue weighted by molar-refractivity contribution is 7.14. The molecule has 0 aliphatic heterocycles. The summed E-state index contributed by atoms with van der Waals surface area (Å²) >= 11 is 1.37. The highest BCUT2D eigenvalue weighted by Gasteiger charge is 2.10. The number of thiazole rings is 1. The fourth-order valence-electron chi connectivity index (χ4n) is 3.01. The van der Waals surface area contributed by atoms with Gasteiger partial charge in [0.1, 0.15) is 0 Å². The molecule has 5 nitrogen and oxygen atoms in total. The van der Waals surface area contributed by atoms with Crippen LogP contribution in [0.3, 0.4) is 0 Å². The van der Waals surface area contributed by atoms with E-state index in [4.69, 9.17) is 0 Å². The second kappa shape index (κ2) is 8.71. The van der Waals surface area contributed by atoms with Gasteiger partial charge in [-0.15, -0.1) is 11.3 Å². The summed E-state index contributed by atoms with van der Waals surface area (Å²) in [5.74, 6) is -0.310. The van der Waals surface area contributed by atoms with E-state index < -0.39 is 0 Å². The van der Waals surface area contributed by atoms with Crippen LogP contribution >= 0.6 is 11.3 Å². The van der Waals surface area contributed by atoms with Crippen LogP contribution < -0.4 is 10.6 Å². The lowest BCUT2D eigenvalue weighted by molar-refractivity contribution is -0.114. The standard InChI is InChI=1S/C24H19N3O2S/c1-16(28)25-21-13-11-19(12-14-21)22-15-30-24(26-22)27-23(29)20-9-7-18(8-10-20)17-5-3-2-4-6-17/h2-15H,1H3,(H,25,28)(H,26,27,29). The van der Waals surface area contributed by atoms with E-state index in [1.54, 1.807) is 0 Å². The first-order chi connectivity index (χ1) is 14.6. The van der Waals surface area contributed by atoms with Crippen molar-refractivity contribution in [2.45, 2.75) is 6.92 Å². The summed E-state index contributed by atoms with van der Waals surface area (Å²) in [5, 5.41) is 8.02. The largest absolute Gasteiger partial charge is 0.326 e. The van der Waals surface area contributed by atoms with Gasteiger partial charge in [0.25, 0.3) is 5.91 Å². The molecule has 148 valence electrons. The predicted octanol–water partition coefficient (Wildman–Crippen LogP) is 5.69. The van der Waals surface area contributed by atoms with Gasteiger partial charge in [-0.3, -0.25) is 14.9 Å². The Labute approximate surface area is 178 Å². The molecule has 0 aliphatic carbocycles. The maximum Gasteiger partial charge on any atom is 0.257 e. The zero-order valence-electron chi connectivity index (χ0n) is 16.3. The topological polar surface area (TPSA) is 71.1 Å². The van der Waals surface area contributed by atoms with Gasteiger partial charge >= 0.3 is 0 Å². The molecule has 3 aromatic carbocycles. The molecule has 0 saturated carbocycles. The Bertz CT molecular complexity index is 1170. The second-order valence-electron chi connectivity index (χ2n) is 6.69. The molecule has 0 aliphatic rings. The third-order valence-electron chi connectivity index (χ3n) is 4.48. The summed E-state index contributed by atoms with van der Waals surface area (Å²) in [6.07, 6.45) is 0. The lowest BCUT2D eigenvalue weighted by Crippen LogP contribution is -2.11. The van der Waals surface area contributed by atoms with Crippen LogP contribution in [0.4, 0.5) is 10.8 Å². The van der Waals surface area contributed by atoms with E-state index in [0.29, 0.717) is 10.7 Å². The zero-order valence-corrected chi connectivity index (χ0v) is 17.1. The Morgan fingerprint density at radius 2 is 1.40 bits per heavy atom. The average molecular weight is 414 g/mol. The van der Waals surface area contributed by atoms with Gasteiger partial charge < -0.3 is 5.32 Å². The Kier molecular flexibility index (Phi) is 5.68.